The van der Waals surface area contributed by atoms with E-state index < -0.39 is 5.82 Å². The largest absolute Gasteiger partial charge is 0.353 e. The quantitative estimate of drug-likeness (QED) is 0.641. The number of hydrogen-bond acceptors (Lipinski definition) is 5. The van der Waals surface area contributed by atoms with Crippen molar-refractivity contribution in [2.24, 2.45) is 5.84 Å². The molecule has 0 spiro atoms. The summed E-state index contributed by atoms with van der Waals surface area (Å²) in [6, 6.07) is 8.33. The highest BCUT2D eigenvalue weighted by atomic mass is 19.1. The van der Waals surface area contributed by atoms with Crippen LogP contribution in [0, 0.1) is 5.82 Å². The zero-order valence-corrected chi connectivity index (χ0v) is 11.0. The molecule has 1 aliphatic heterocycles. The van der Waals surface area contributed by atoms with Gasteiger partial charge in [0.15, 0.2) is 11.6 Å². The number of fused-ring (bicyclic) bond motifs is 1. The molecule has 1 aliphatic rings. The van der Waals surface area contributed by atoms with Gasteiger partial charge in [0.05, 0.1) is 6.20 Å². The minimum Gasteiger partial charge on any atom is -0.353 e. The Bertz CT molecular complexity index is 589. The van der Waals surface area contributed by atoms with Crippen LogP contribution in [0.2, 0.25) is 0 Å². The SMILES string of the molecule is NNc1ncc(F)c(N2CCc3ccccc3CC2)n1. The van der Waals surface area contributed by atoms with Crippen LogP contribution < -0.4 is 16.2 Å². The fraction of sp³-hybridized carbons (Fsp3) is 0.286. The van der Waals surface area contributed by atoms with E-state index in [1.807, 2.05) is 17.0 Å². The lowest BCUT2D eigenvalue weighted by molar-refractivity contribution is 0.602. The molecule has 0 amide bonds. The topological polar surface area (TPSA) is 67.1 Å². The van der Waals surface area contributed by atoms with Gasteiger partial charge in [0.2, 0.25) is 5.95 Å². The molecule has 1 aromatic heterocycles. The number of rotatable bonds is 2. The standard InChI is InChI=1S/C14H16FN5/c15-12-9-17-14(19-16)18-13(12)20-7-5-10-3-1-2-4-11(10)6-8-20/h1-4,9H,5-8,16H2,(H,17,18,19). The molecule has 0 aliphatic carbocycles. The molecular formula is C14H16FN5. The minimum atomic E-state index is -0.421. The van der Waals surface area contributed by atoms with Gasteiger partial charge in [-0.3, -0.25) is 5.43 Å². The fourth-order valence-electron chi connectivity index (χ4n) is 2.53. The van der Waals surface area contributed by atoms with Crippen molar-refractivity contribution < 1.29 is 4.39 Å². The zero-order valence-electron chi connectivity index (χ0n) is 11.0. The Kier molecular flexibility index (Phi) is 3.47. The van der Waals surface area contributed by atoms with Gasteiger partial charge in [0.25, 0.3) is 0 Å². The summed E-state index contributed by atoms with van der Waals surface area (Å²) in [5.74, 6) is 5.39. The van der Waals surface area contributed by atoms with E-state index in [1.54, 1.807) is 0 Å². The Hall–Kier alpha value is -2.21. The lowest BCUT2D eigenvalue weighted by Crippen LogP contribution is -2.28. The number of anilines is 2. The van der Waals surface area contributed by atoms with E-state index in [0.717, 1.165) is 32.1 Å². The molecule has 0 saturated carbocycles. The molecule has 1 aromatic carbocycles. The second-order valence-electron chi connectivity index (χ2n) is 4.77. The van der Waals surface area contributed by atoms with Crippen LogP contribution in [0.3, 0.4) is 0 Å². The summed E-state index contributed by atoms with van der Waals surface area (Å²) in [7, 11) is 0. The van der Waals surface area contributed by atoms with Crippen molar-refractivity contribution in [3.63, 3.8) is 0 Å². The van der Waals surface area contributed by atoms with E-state index >= 15 is 0 Å². The first kappa shape index (κ1) is 12.8. The number of hydrogen-bond donors (Lipinski definition) is 2. The van der Waals surface area contributed by atoms with Gasteiger partial charge < -0.3 is 4.90 Å². The van der Waals surface area contributed by atoms with Crippen molar-refractivity contribution in [2.75, 3.05) is 23.4 Å². The van der Waals surface area contributed by atoms with Crippen LogP contribution in [-0.2, 0) is 12.8 Å². The van der Waals surface area contributed by atoms with Gasteiger partial charge in [-0.25, -0.2) is 15.2 Å². The van der Waals surface area contributed by atoms with Gasteiger partial charge in [-0.15, -0.1) is 0 Å². The van der Waals surface area contributed by atoms with Crippen LogP contribution >= 0.6 is 0 Å². The summed E-state index contributed by atoms with van der Waals surface area (Å²) in [5, 5.41) is 0. The molecule has 2 heterocycles. The number of hydrazine groups is 1. The average molecular weight is 273 g/mol. The van der Waals surface area contributed by atoms with Crippen molar-refractivity contribution in [2.45, 2.75) is 12.8 Å². The molecular weight excluding hydrogens is 257 g/mol. The van der Waals surface area contributed by atoms with Crippen LogP contribution in [0.1, 0.15) is 11.1 Å². The molecule has 3 N–H and O–H groups in total. The van der Waals surface area contributed by atoms with Gasteiger partial charge in [-0.2, -0.15) is 4.98 Å². The summed E-state index contributed by atoms with van der Waals surface area (Å²) in [6.45, 7) is 1.46. The molecule has 104 valence electrons. The molecule has 0 fully saturated rings. The van der Waals surface area contributed by atoms with Gasteiger partial charge in [0.1, 0.15) is 0 Å². The fourth-order valence-corrected chi connectivity index (χ4v) is 2.53. The summed E-state index contributed by atoms with van der Waals surface area (Å²) in [6.07, 6.45) is 2.91. The van der Waals surface area contributed by atoms with E-state index in [9.17, 15) is 4.39 Å². The third kappa shape index (κ3) is 2.42. The molecule has 6 heteroatoms. The number of aromatic nitrogens is 2. The molecule has 5 nitrogen and oxygen atoms in total. The molecule has 0 unspecified atom stereocenters. The normalized spacial score (nSPS) is 14.6. The Morgan fingerprint density at radius 1 is 1.15 bits per heavy atom. The second kappa shape index (κ2) is 5.42. The maximum Gasteiger partial charge on any atom is 0.239 e. The first-order valence-electron chi connectivity index (χ1n) is 6.59. The molecule has 20 heavy (non-hydrogen) atoms. The van der Waals surface area contributed by atoms with Crippen LogP contribution in [0.15, 0.2) is 30.5 Å². The average Bonchev–Trinajstić information content (AvgIpc) is 2.70. The van der Waals surface area contributed by atoms with Gasteiger partial charge in [-0.05, 0) is 24.0 Å². The monoisotopic (exact) mass is 273 g/mol. The molecule has 0 atom stereocenters. The van der Waals surface area contributed by atoms with E-state index in [1.165, 1.54) is 11.1 Å². The highest BCUT2D eigenvalue weighted by molar-refractivity contribution is 5.45. The number of nitrogen functional groups attached to an aromatic ring is 1. The van der Waals surface area contributed by atoms with Gasteiger partial charge >= 0.3 is 0 Å². The van der Waals surface area contributed by atoms with Crippen LogP contribution in [0.25, 0.3) is 0 Å². The highest BCUT2D eigenvalue weighted by Crippen LogP contribution is 2.22. The third-order valence-corrected chi connectivity index (χ3v) is 3.57. The Balaban J connectivity index is 1.86. The second-order valence-corrected chi connectivity index (χ2v) is 4.77. The molecule has 0 bridgehead atoms. The van der Waals surface area contributed by atoms with Crippen molar-refractivity contribution in [3.05, 3.63) is 47.4 Å². The van der Waals surface area contributed by atoms with E-state index in [4.69, 9.17) is 5.84 Å². The molecule has 3 rings (SSSR count). The maximum atomic E-state index is 13.9. The Morgan fingerprint density at radius 2 is 1.80 bits per heavy atom. The summed E-state index contributed by atoms with van der Waals surface area (Å²) in [4.78, 5) is 9.83. The summed E-state index contributed by atoms with van der Waals surface area (Å²) < 4.78 is 13.9. The highest BCUT2D eigenvalue weighted by Gasteiger charge is 2.18. The van der Waals surface area contributed by atoms with Gasteiger partial charge in [-0.1, -0.05) is 24.3 Å². The number of nitrogens with one attached hydrogen (secondary N) is 1. The Morgan fingerprint density at radius 3 is 2.40 bits per heavy atom. The number of nitrogens with zero attached hydrogens (tertiary/aromatic N) is 3. The number of benzene rings is 1. The lowest BCUT2D eigenvalue weighted by Gasteiger charge is -2.21. The molecule has 0 saturated heterocycles. The zero-order chi connectivity index (χ0) is 13.9. The first-order valence-corrected chi connectivity index (χ1v) is 6.59. The van der Waals surface area contributed by atoms with Gasteiger partial charge in [0, 0.05) is 13.1 Å². The van der Waals surface area contributed by atoms with Crippen LogP contribution in [0.5, 0.6) is 0 Å². The van der Waals surface area contributed by atoms with Crippen LogP contribution in [-0.4, -0.2) is 23.1 Å². The van der Waals surface area contributed by atoms with Crippen molar-refractivity contribution >= 4 is 11.8 Å². The minimum absolute atomic E-state index is 0.225. The summed E-state index contributed by atoms with van der Waals surface area (Å²) in [5.41, 5.74) is 4.99. The van der Waals surface area contributed by atoms with Crippen molar-refractivity contribution in [1.82, 2.24) is 9.97 Å². The first-order chi connectivity index (χ1) is 9.78. The predicted octanol–water partition coefficient (Wildman–Crippen LogP) is 1.51. The number of halogens is 1. The molecule has 2 aromatic rings. The summed E-state index contributed by atoms with van der Waals surface area (Å²) >= 11 is 0. The van der Waals surface area contributed by atoms with E-state index in [-0.39, 0.29) is 5.95 Å². The predicted molar refractivity (Wildman–Crippen MR) is 75.9 cm³/mol. The van der Waals surface area contributed by atoms with E-state index in [0.29, 0.717) is 5.82 Å². The molecule has 0 radical (unpaired) electrons. The maximum absolute atomic E-state index is 13.9. The van der Waals surface area contributed by atoms with Crippen LogP contribution in [0.4, 0.5) is 16.2 Å². The third-order valence-electron chi connectivity index (χ3n) is 3.57. The smallest absolute Gasteiger partial charge is 0.239 e. The van der Waals surface area contributed by atoms with Crippen molar-refractivity contribution in [1.29, 1.82) is 0 Å². The Labute approximate surface area is 116 Å². The lowest BCUT2D eigenvalue weighted by atomic mass is 10.0. The van der Waals surface area contributed by atoms with E-state index in [2.05, 4.69) is 27.5 Å². The van der Waals surface area contributed by atoms with Crippen molar-refractivity contribution in [3.8, 4) is 0 Å². The number of nitrogens with two attached hydrogens (primary N) is 1.